The van der Waals surface area contributed by atoms with Gasteiger partial charge >= 0.3 is 0 Å². The van der Waals surface area contributed by atoms with Crippen LogP contribution in [0.25, 0.3) is 0 Å². The minimum atomic E-state index is -0.109. The Balaban J connectivity index is 1.99. The van der Waals surface area contributed by atoms with Crippen LogP contribution < -0.4 is 10.2 Å². The van der Waals surface area contributed by atoms with Crippen LogP contribution in [-0.4, -0.2) is 18.4 Å². The van der Waals surface area contributed by atoms with Crippen LogP contribution in [-0.2, 0) is 9.59 Å². The highest BCUT2D eigenvalue weighted by atomic mass is 79.9. The molecule has 4 nitrogen and oxygen atoms in total. The van der Waals surface area contributed by atoms with E-state index in [1.807, 2.05) is 55.5 Å². The monoisotopic (exact) mass is 374 g/mol. The molecule has 0 heterocycles. The number of nitrogens with one attached hydrogen (secondary N) is 1. The quantitative estimate of drug-likeness (QED) is 0.854. The van der Waals surface area contributed by atoms with Crippen LogP contribution in [0.5, 0.6) is 0 Å². The summed E-state index contributed by atoms with van der Waals surface area (Å²) in [5.74, 6) is -0.196. The number of nitrogens with zero attached hydrogens (tertiary/aromatic N) is 1. The second-order valence-corrected chi connectivity index (χ2v) is 6.18. The van der Waals surface area contributed by atoms with Crippen molar-refractivity contribution in [2.24, 2.45) is 0 Å². The predicted molar refractivity (Wildman–Crippen MR) is 96.6 cm³/mol. The third kappa shape index (κ3) is 4.93. The lowest BCUT2D eigenvalue weighted by molar-refractivity contribution is -0.117. The van der Waals surface area contributed by atoms with Crippen molar-refractivity contribution in [1.82, 2.24) is 0 Å². The molecule has 0 radical (unpaired) electrons. The van der Waals surface area contributed by atoms with Crippen molar-refractivity contribution in [3.8, 4) is 0 Å². The van der Waals surface area contributed by atoms with Gasteiger partial charge in [0.2, 0.25) is 11.8 Å². The molecule has 0 bridgehead atoms. The third-order valence-electron chi connectivity index (χ3n) is 3.50. The van der Waals surface area contributed by atoms with Gasteiger partial charge < -0.3 is 10.2 Å². The predicted octanol–water partition coefficient (Wildman–Crippen LogP) is 4.14. The van der Waals surface area contributed by atoms with Gasteiger partial charge in [-0.1, -0.05) is 34.1 Å². The van der Waals surface area contributed by atoms with Crippen LogP contribution >= 0.6 is 15.9 Å². The fourth-order valence-corrected chi connectivity index (χ4v) is 2.49. The maximum absolute atomic E-state index is 12.1. The molecule has 0 unspecified atom stereocenters. The number of para-hydroxylation sites is 1. The third-order valence-corrected chi connectivity index (χ3v) is 4.03. The van der Waals surface area contributed by atoms with Crippen LogP contribution in [0.15, 0.2) is 53.0 Å². The number of carbonyl (C=O) groups is 2. The van der Waals surface area contributed by atoms with E-state index in [-0.39, 0.29) is 18.2 Å². The molecule has 0 aromatic heterocycles. The summed E-state index contributed by atoms with van der Waals surface area (Å²) in [6.45, 7) is 3.79. The summed E-state index contributed by atoms with van der Waals surface area (Å²) in [5.41, 5.74) is 2.59. The number of hydrogen-bond acceptors (Lipinski definition) is 2. The van der Waals surface area contributed by atoms with Gasteiger partial charge in [-0.2, -0.15) is 0 Å². The maximum atomic E-state index is 12.1. The number of carbonyl (C=O) groups excluding carboxylic acids is 2. The first-order chi connectivity index (χ1) is 11.0. The van der Waals surface area contributed by atoms with Gasteiger partial charge in [-0.05, 0) is 42.8 Å². The highest BCUT2D eigenvalue weighted by Crippen LogP contribution is 2.19. The molecular weight excluding hydrogens is 356 g/mol. The highest BCUT2D eigenvalue weighted by Gasteiger charge is 2.13. The summed E-state index contributed by atoms with van der Waals surface area (Å²) in [7, 11) is 0. The van der Waals surface area contributed by atoms with Crippen molar-refractivity contribution in [2.45, 2.75) is 20.3 Å². The van der Waals surface area contributed by atoms with Crippen LogP contribution in [0.4, 0.5) is 11.4 Å². The fraction of sp³-hybridized carbons (Fsp3) is 0.222. The molecule has 2 aromatic carbocycles. The fourth-order valence-electron chi connectivity index (χ4n) is 2.23. The van der Waals surface area contributed by atoms with Gasteiger partial charge in [-0.15, -0.1) is 0 Å². The Morgan fingerprint density at radius 3 is 2.35 bits per heavy atom. The summed E-state index contributed by atoms with van der Waals surface area (Å²) in [6.07, 6.45) is 0.240. The van der Waals surface area contributed by atoms with E-state index in [0.29, 0.717) is 6.54 Å². The SMILES string of the molecule is CC(=O)N(CCC(=O)Nc1ccccc1C)c1ccc(Br)cc1. The second-order valence-electron chi connectivity index (χ2n) is 5.26. The van der Waals surface area contributed by atoms with E-state index >= 15 is 0 Å². The number of amides is 2. The first-order valence-electron chi connectivity index (χ1n) is 7.36. The van der Waals surface area contributed by atoms with Gasteiger partial charge in [0.15, 0.2) is 0 Å². The Morgan fingerprint density at radius 1 is 1.09 bits per heavy atom. The molecule has 0 fully saturated rings. The number of halogens is 1. The molecule has 0 atom stereocenters. The molecular formula is C18H19BrN2O2. The van der Waals surface area contributed by atoms with E-state index in [9.17, 15) is 9.59 Å². The molecule has 5 heteroatoms. The number of rotatable bonds is 5. The number of hydrogen-bond donors (Lipinski definition) is 1. The van der Waals surface area contributed by atoms with Crippen molar-refractivity contribution in [2.75, 3.05) is 16.8 Å². The Bertz CT molecular complexity index is 698. The Hall–Kier alpha value is -2.14. The first kappa shape index (κ1) is 17.2. The zero-order valence-electron chi connectivity index (χ0n) is 13.2. The Morgan fingerprint density at radius 2 is 1.74 bits per heavy atom. The molecule has 0 saturated heterocycles. The summed E-state index contributed by atoms with van der Waals surface area (Å²) in [4.78, 5) is 25.6. The van der Waals surface area contributed by atoms with Crippen molar-refractivity contribution in [1.29, 1.82) is 0 Å². The number of anilines is 2. The topological polar surface area (TPSA) is 49.4 Å². The molecule has 0 aliphatic rings. The van der Waals surface area contributed by atoms with E-state index < -0.39 is 0 Å². The largest absolute Gasteiger partial charge is 0.326 e. The average molecular weight is 375 g/mol. The van der Waals surface area contributed by atoms with Crippen LogP contribution in [0.2, 0.25) is 0 Å². The van der Waals surface area contributed by atoms with Gasteiger partial charge in [0, 0.05) is 35.7 Å². The molecule has 0 saturated carbocycles. The highest BCUT2D eigenvalue weighted by molar-refractivity contribution is 9.10. The van der Waals surface area contributed by atoms with Crippen molar-refractivity contribution < 1.29 is 9.59 Å². The van der Waals surface area contributed by atoms with Crippen LogP contribution in [0.3, 0.4) is 0 Å². The van der Waals surface area contributed by atoms with Crippen molar-refractivity contribution in [3.05, 3.63) is 58.6 Å². The maximum Gasteiger partial charge on any atom is 0.226 e. The molecule has 2 amide bonds. The summed E-state index contributed by atoms with van der Waals surface area (Å²) >= 11 is 3.37. The molecule has 0 aliphatic heterocycles. The molecule has 1 N–H and O–H groups in total. The van der Waals surface area contributed by atoms with E-state index in [2.05, 4.69) is 21.2 Å². The van der Waals surface area contributed by atoms with Crippen LogP contribution in [0, 0.1) is 6.92 Å². The lowest BCUT2D eigenvalue weighted by Crippen LogP contribution is -2.31. The Labute approximate surface area is 144 Å². The first-order valence-corrected chi connectivity index (χ1v) is 8.16. The standard InChI is InChI=1S/C18H19BrN2O2/c1-13-5-3-4-6-17(13)20-18(23)11-12-21(14(2)22)16-9-7-15(19)8-10-16/h3-10H,11-12H2,1-2H3,(H,20,23). The van der Waals surface area contributed by atoms with E-state index in [1.54, 1.807) is 4.90 Å². The van der Waals surface area contributed by atoms with Gasteiger partial charge in [0.05, 0.1) is 0 Å². The van der Waals surface area contributed by atoms with Gasteiger partial charge in [-0.3, -0.25) is 9.59 Å². The summed E-state index contributed by atoms with van der Waals surface area (Å²) in [5, 5.41) is 2.88. The average Bonchev–Trinajstić information content (AvgIpc) is 2.51. The molecule has 0 spiro atoms. The minimum absolute atomic E-state index is 0.0870. The van der Waals surface area contributed by atoms with E-state index in [4.69, 9.17) is 0 Å². The smallest absolute Gasteiger partial charge is 0.226 e. The van der Waals surface area contributed by atoms with E-state index in [1.165, 1.54) is 6.92 Å². The summed E-state index contributed by atoms with van der Waals surface area (Å²) < 4.78 is 0.946. The van der Waals surface area contributed by atoms with Crippen LogP contribution in [0.1, 0.15) is 18.9 Å². The molecule has 2 aromatic rings. The lowest BCUT2D eigenvalue weighted by Gasteiger charge is -2.21. The second kappa shape index (κ2) is 7.92. The minimum Gasteiger partial charge on any atom is -0.326 e. The molecule has 120 valence electrons. The van der Waals surface area contributed by atoms with Gasteiger partial charge in [0.25, 0.3) is 0 Å². The number of aryl methyl sites for hydroxylation is 1. The molecule has 0 aliphatic carbocycles. The lowest BCUT2D eigenvalue weighted by atomic mass is 10.2. The molecule has 2 rings (SSSR count). The van der Waals surface area contributed by atoms with E-state index in [0.717, 1.165) is 21.4 Å². The zero-order valence-corrected chi connectivity index (χ0v) is 14.8. The Kier molecular flexibility index (Phi) is 5.93. The van der Waals surface area contributed by atoms with Gasteiger partial charge in [0.1, 0.15) is 0 Å². The van der Waals surface area contributed by atoms with Gasteiger partial charge in [-0.25, -0.2) is 0 Å². The number of benzene rings is 2. The summed E-state index contributed by atoms with van der Waals surface area (Å²) in [6, 6.07) is 15.1. The zero-order chi connectivity index (χ0) is 16.8. The normalized spacial score (nSPS) is 10.2. The van der Waals surface area contributed by atoms with Crippen molar-refractivity contribution in [3.63, 3.8) is 0 Å². The van der Waals surface area contributed by atoms with Crippen molar-refractivity contribution >= 4 is 39.1 Å². The molecule has 23 heavy (non-hydrogen) atoms.